The van der Waals surface area contributed by atoms with Crippen molar-refractivity contribution in [2.24, 2.45) is 0 Å². The summed E-state index contributed by atoms with van der Waals surface area (Å²) < 4.78 is 0. The molecule has 1 atom stereocenters. The van der Waals surface area contributed by atoms with Crippen molar-refractivity contribution in [3.05, 3.63) is 58.6 Å². The normalized spacial score (nSPS) is 12.2. The summed E-state index contributed by atoms with van der Waals surface area (Å²) in [5, 5.41) is 13.4. The molecule has 0 aliphatic rings. The minimum atomic E-state index is 0.129. The molecule has 3 heteroatoms. The number of hydrogen-bond donors (Lipinski definition) is 2. The molecule has 2 N–H and O–H groups in total. The molecule has 0 saturated heterocycles. The first-order chi connectivity index (χ1) is 8.58. The van der Waals surface area contributed by atoms with Crippen LogP contribution in [-0.2, 0) is 0 Å². The van der Waals surface area contributed by atoms with Crippen LogP contribution in [0.25, 0.3) is 0 Å². The van der Waals surface area contributed by atoms with Crippen LogP contribution >= 0.6 is 11.6 Å². The van der Waals surface area contributed by atoms with Gasteiger partial charge in [0.25, 0.3) is 0 Å². The number of phenolic OH excluding ortho intramolecular Hbond substituents is 1. The third kappa shape index (κ3) is 2.77. The molecule has 18 heavy (non-hydrogen) atoms. The van der Waals surface area contributed by atoms with E-state index in [9.17, 15) is 5.11 Å². The Morgan fingerprint density at radius 1 is 1.11 bits per heavy atom. The van der Waals surface area contributed by atoms with Crippen LogP contribution in [0.1, 0.15) is 24.1 Å². The molecule has 2 aromatic carbocycles. The van der Waals surface area contributed by atoms with Crippen molar-refractivity contribution >= 4 is 17.3 Å². The van der Waals surface area contributed by atoms with E-state index in [2.05, 4.69) is 12.2 Å². The standard InChI is InChI=1S/C15H16ClNO/c1-10-4-3-5-14(16)15(10)17-11(2)12-6-8-13(18)9-7-12/h3-9,11,17-18H,1-2H3. The maximum Gasteiger partial charge on any atom is 0.115 e. The molecule has 0 fully saturated rings. The number of phenols is 1. The van der Waals surface area contributed by atoms with Crippen LogP contribution in [0.4, 0.5) is 5.69 Å². The average molecular weight is 262 g/mol. The molecular weight excluding hydrogens is 246 g/mol. The summed E-state index contributed by atoms with van der Waals surface area (Å²) in [4.78, 5) is 0. The first-order valence-corrected chi connectivity index (χ1v) is 6.26. The lowest BCUT2D eigenvalue weighted by atomic mass is 10.1. The van der Waals surface area contributed by atoms with E-state index < -0.39 is 0 Å². The molecular formula is C15H16ClNO. The summed E-state index contributed by atoms with van der Waals surface area (Å²) in [5.74, 6) is 0.278. The maximum atomic E-state index is 9.27. The third-order valence-electron chi connectivity index (χ3n) is 2.98. The lowest BCUT2D eigenvalue weighted by molar-refractivity contribution is 0.475. The fourth-order valence-corrected chi connectivity index (χ4v) is 2.15. The van der Waals surface area contributed by atoms with Crippen molar-refractivity contribution in [1.29, 1.82) is 0 Å². The van der Waals surface area contributed by atoms with E-state index in [1.165, 1.54) is 0 Å². The van der Waals surface area contributed by atoms with Gasteiger partial charge < -0.3 is 10.4 Å². The van der Waals surface area contributed by atoms with Gasteiger partial charge >= 0.3 is 0 Å². The number of hydrogen-bond acceptors (Lipinski definition) is 2. The van der Waals surface area contributed by atoms with Crippen LogP contribution in [0.3, 0.4) is 0 Å². The van der Waals surface area contributed by atoms with Crippen LogP contribution < -0.4 is 5.32 Å². The Bertz CT molecular complexity index is 516. The van der Waals surface area contributed by atoms with Gasteiger partial charge in [0.1, 0.15) is 5.75 Å². The monoisotopic (exact) mass is 261 g/mol. The van der Waals surface area contributed by atoms with E-state index in [4.69, 9.17) is 11.6 Å². The van der Waals surface area contributed by atoms with Gasteiger partial charge in [-0.2, -0.15) is 0 Å². The first kappa shape index (κ1) is 12.8. The summed E-state index contributed by atoms with van der Waals surface area (Å²) in [6.07, 6.45) is 0. The molecule has 2 aromatic rings. The van der Waals surface area contributed by atoms with E-state index in [1.807, 2.05) is 37.3 Å². The van der Waals surface area contributed by atoms with Crippen LogP contribution in [-0.4, -0.2) is 5.11 Å². The van der Waals surface area contributed by atoms with Gasteiger partial charge in [-0.05, 0) is 43.2 Å². The van der Waals surface area contributed by atoms with Crippen LogP contribution in [0.15, 0.2) is 42.5 Å². The lowest BCUT2D eigenvalue weighted by Gasteiger charge is -2.18. The Morgan fingerprint density at radius 2 is 1.78 bits per heavy atom. The van der Waals surface area contributed by atoms with Gasteiger partial charge in [0.2, 0.25) is 0 Å². The van der Waals surface area contributed by atoms with Crippen molar-refractivity contribution in [2.75, 3.05) is 5.32 Å². The van der Waals surface area contributed by atoms with Crippen molar-refractivity contribution in [1.82, 2.24) is 0 Å². The fourth-order valence-electron chi connectivity index (χ4n) is 1.88. The highest BCUT2D eigenvalue weighted by molar-refractivity contribution is 6.33. The predicted octanol–water partition coefficient (Wildman–Crippen LogP) is 4.53. The zero-order valence-corrected chi connectivity index (χ0v) is 11.2. The smallest absolute Gasteiger partial charge is 0.115 e. The van der Waals surface area contributed by atoms with Gasteiger partial charge in [-0.15, -0.1) is 0 Å². The summed E-state index contributed by atoms with van der Waals surface area (Å²) in [7, 11) is 0. The minimum Gasteiger partial charge on any atom is -0.508 e. The molecule has 0 spiro atoms. The maximum absolute atomic E-state index is 9.27. The third-order valence-corrected chi connectivity index (χ3v) is 3.29. The summed E-state index contributed by atoms with van der Waals surface area (Å²) in [6, 6.07) is 13.1. The molecule has 0 bridgehead atoms. The van der Waals surface area contributed by atoms with Gasteiger partial charge in [-0.1, -0.05) is 35.9 Å². The zero-order valence-electron chi connectivity index (χ0n) is 10.4. The molecule has 2 rings (SSSR count). The quantitative estimate of drug-likeness (QED) is 0.851. The van der Waals surface area contributed by atoms with Crippen LogP contribution in [0.5, 0.6) is 5.75 Å². The second kappa shape index (κ2) is 5.32. The van der Waals surface area contributed by atoms with Crippen molar-refractivity contribution in [3.63, 3.8) is 0 Å². The summed E-state index contributed by atoms with van der Waals surface area (Å²) >= 11 is 6.18. The zero-order chi connectivity index (χ0) is 13.1. The largest absolute Gasteiger partial charge is 0.508 e. The van der Waals surface area contributed by atoms with Gasteiger partial charge in [-0.3, -0.25) is 0 Å². The SMILES string of the molecule is Cc1cccc(Cl)c1NC(C)c1ccc(O)cc1. The molecule has 94 valence electrons. The Balaban J connectivity index is 2.21. The van der Waals surface area contributed by atoms with E-state index in [1.54, 1.807) is 12.1 Å². The van der Waals surface area contributed by atoms with Gasteiger partial charge in [0.05, 0.1) is 10.7 Å². The topological polar surface area (TPSA) is 32.3 Å². The fraction of sp³-hybridized carbons (Fsp3) is 0.200. The second-order valence-electron chi connectivity index (χ2n) is 4.39. The number of nitrogens with one attached hydrogen (secondary N) is 1. The number of para-hydroxylation sites is 1. The Hall–Kier alpha value is -1.67. The Morgan fingerprint density at radius 3 is 2.39 bits per heavy atom. The van der Waals surface area contributed by atoms with Crippen LogP contribution in [0, 0.1) is 6.92 Å². The Labute approximate surface area is 112 Å². The Kier molecular flexibility index (Phi) is 3.78. The summed E-state index contributed by atoms with van der Waals surface area (Å²) in [6.45, 7) is 4.09. The molecule has 0 aliphatic heterocycles. The average Bonchev–Trinajstić information content (AvgIpc) is 2.34. The predicted molar refractivity (Wildman–Crippen MR) is 76.3 cm³/mol. The molecule has 0 aromatic heterocycles. The number of aromatic hydroxyl groups is 1. The molecule has 0 aliphatic carbocycles. The van der Waals surface area contributed by atoms with E-state index in [-0.39, 0.29) is 11.8 Å². The number of aryl methyl sites for hydroxylation is 1. The summed E-state index contributed by atoms with van der Waals surface area (Å²) in [5.41, 5.74) is 3.18. The van der Waals surface area contributed by atoms with E-state index >= 15 is 0 Å². The van der Waals surface area contributed by atoms with Crippen molar-refractivity contribution in [2.45, 2.75) is 19.9 Å². The van der Waals surface area contributed by atoms with Gasteiger partial charge in [-0.25, -0.2) is 0 Å². The highest BCUT2D eigenvalue weighted by Crippen LogP contribution is 2.29. The van der Waals surface area contributed by atoms with E-state index in [0.29, 0.717) is 0 Å². The van der Waals surface area contributed by atoms with Crippen LogP contribution in [0.2, 0.25) is 5.02 Å². The highest BCUT2D eigenvalue weighted by Gasteiger charge is 2.09. The van der Waals surface area contributed by atoms with Crippen molar-refractivity contribution < 1.29 is 5.11 Å². The number of rotatable bonds is 3. The molecule has 0 saturated carbocycles. The number of benzene rings is 2. The van der Waals surface area contributed by atoms with Crippen molar-refractivity contribution in [3.8, 4) is 5.75 Å². The molecule has 2 nitrogen and oxygen atoms in total. The molecule has 0 radical (unpaired) electrons. The highest BCUT2D eigenvalue weighted by atomic mass is 35.5. The molecule has 0 heterocycles. The minimum absolute atomic E-state index is 0.129. The number of anilines is 1. The molecule has 0 amide bonds. The lowest BCUT2D eigenvalue weighted by Crippen LogP contribution is -2.07. The first-order valence-electron chi connectivity index (χ1n) is 5.88. The van der Waals surface area contributed by atoms with E-state index in [0.717, 1.165) is 21.8 Å². The molecule has 1 unspecified atom stereocenters. The van der Waals surface area contributed by atoms with Gasteiger partial charge in [0, 0.05) is 6.04 Å². The van der Waals surface area contributed by atoms with Gasteiger partial charge in [0.15, 0.2) is 0 Å². The number of halogens is 1. The second-order valence-corrected chi connectivity index (χ2v) is 4.80.